The molecule has 0 aromatic heterocycles. The molecular formula is C14H26O2S4. The largest absolute Gasteiger partial charge is 0.479 e. The molecule has 0 amide bonds. The van der Waals surface area contributed by atoms with E-state index in [0.717, 1.165) is 63.2 Å². The minimum atomic E-state index is 0.685. The van der Waals surface area contributed by atoms with Crippen LogP contribution < -0.4 is 0 Å². The molecule has 2 nitrogen and oxygen atoms in total. The van der Waals surface area contributed by atoms with Gasteiger partial charge in [-0.1, -0.05) is 50.2 Å². The zero-order valence-corrected chi connectivity index (χ0v) is 15.8. The normalized spacial score (nSPS) is 10.3. The Bertz CT molecular complexity index is 234. The SMILES string of the molecule is CCCCOC(=S)SCCCCSC(=S)OCCCC. The maximum absolute atomic E-state index is 5.43. The number of ether oxygens (including phenoxy) is 2. The van der Waals surface area contributed by atoms with Crippen LogP contribution in [-0.4, -0.2) is 33.5 Å². The third-order valence-electron chi connectivity index (χ3n) is 2.41. The molecule has 0 bridgehead atoms. The second-order valence-electron chi connectivity index (χ2n) is 4.31. The first-order chi connectivity index (χ1) is 9.70. The summed E-state index contributed by atoms with van der Waals surface area (Å²) in [6, 6.07) is 0. The summed E-state index contributed by atoms with van der Waals surface area (Å²) in [6.45, 7) is 5.80. The Hall–Kier alpha value is 0.480. The van der Waals surface area contributed by atoms with Crippen LogP contribution in [0, 0.1) is 0 Å². The van der Waals surface area contributed by atoms with Crippen molar-refractivity contribution < 1.29 is 9.47 Å². The summed E-state index contributed by atoms with van der Waals surface area (Å²) in [5, 5.41) is 0. The molecule has 0 aromatic carbocycles. The van der Waals surface area contributed by atoms with Crippen molar-refractivity contribution >= 4 is 56.7 Å². The minimum Gasteiger partial charge on any atom is -0.479 e. The number of thioether (sulfide) groups is 2. The van der Waals surface area contributed by atoms with Crippen molar-refractivity contribution in [1.29, 1.82) is 0 Å². The number of hydrogen-bond acceptors (Lipinski definition) is 6. The third kappa shape index (κ3) is 14.9. The second kappa shape index (κ2) is 15.9. The van der Waals surface area contributed by atoms with Crippen molar-refractivity contribution in [3.63, 3.8) is 0 Å². The van der Waals surface area contributed by atoms with Crippen molar-refractivity contribution in [2.45, 2.75) is 52.4 Å². The van der Waals surface area contributed by atoms with Crippen molar-refractivity contribution in [2.24, 2.45) is 0 Å². The molecule has 0 rings (SSSR count). The van der Waals surface area contributed by atoms with Gasteiger partial charge >= 0.3 is 0 Å². The van der Waals surface area contributed by atoms with Gasteiger partial charge in [0.15, 0.2) is 0 Å². The van der Waals surface area contributed by atoms with Gasteiger partial charge in [-0.15, -0.1) is 0 Å². The van der Waals surface area contributed by atoms with E-state index in [0.29, 0.717) is 8.77 Å². The Balaban J connectivity index is 3.27. The lowest BCUT2D eigenvalue weighted by molar-refractivity contribution is 0.313. The van der Waals surface area contributed by atoms with Gasteiger partial charge < -0.3 is 9.47 Å². The molecule has 0 aromatic rings. The lowest BCUT2D eigenvalue weighted by Crippen LogP contribution is -2.01. The molecule has 0 heterocycles. The number of unbranched alkanes of at least 4 members (excludes halogenated alkanes) is 3. The molecule has 0 fully saturated rings. The highest BCUT2D eigenvalue weighted by Gasteiger charge is 2.01. The van der Waals surface area contributed by atoms with Gasteiger partial charge in [0.2, 0.25) is 8.77 Å². The molecule has 0 atom stereocenters. The number of hydrogen-bond donors (Lipinski definition) is 0. The molecule has 0 aliphatic rings. The van der Waals surface area contributed by atoms with Gasteiger partial charge in [-0.2, -0.15) is 0 Å². The monoisotopic (exact) mass is 354 g/mol. The Morgan fingerprint density at radius 2 is 1.15 bits per heavy atom. The van der Waals surface area contributed by atoms with E-state index >= 15 is 0 Å². The second-order valence-corrected chi connectivity index (χ2v) is 7.70. The van der Waals surface area contributed by atoms with Gasteiger partial charge in [-0.25, -0.2) is 0 Å². The highest BCUT2D eigenvalue weighted by atomic mass is 32.2. The first-order valence-electron chi connectivity index (χ1n) is 7.29. The highest BCUT2D eigenvalue weighted by molar-refractivity contribution is 8.23. The summed E-state index contributed by atoms with van der Waals surface area (Å²) in [5.74, 6) is 2.05. The molecule has 0 saturated carbocycles. The first-order valence-corrected chi connectivity index (χ1v) is 10.1. The quantitative estimate of drug-likeness (QED) is 0.361. The summed E-state index contributed by atoms with van der Waals surface area (Å²) in [7, 11) is 0. The predicted octanol–water partition coefficient (Wildman–Crippen LogP) is 5.44. The topological polar surface area (TPSA) is 18.5 Å². The van der Waals surface area contributed by atoms with E-state index in [4.69, 9.17) is 33.9 Å². The van der Waals surface area contributed by atoms with Gasteiger partial charge in [-0.05, 0) is 50.1 Å². The van der Waals surface area contributed by atoms with Crippen LogP contribution in [0.3, 0.4) is 0 Å². The van der Waals surface area contributed by atoms with E-state index in [1.165, 1.54) is 0 Å². The number of rotatable bonds is 11. The van der Waals surface area contributed by atoms with Crippen molar-refractivity contribution in [1.82, 2.24) is 0 Å². The summed E-state index contributed by atoms with van der Waals surface area (Å²) < 4.78 is 12.2. The zero-order valence-electron chi connectivity index (χ0n) is 12.5. The van der Waals surface area contributed by atoms with Crippen molar-refractivity contribution in [3.05, 3.63) is 0 Å². The van der Waals surface area contributed by atoms with Gasteiger partial charge in [0.05, 0.1) is 13.2 Å². The van der Waals surface area contributed by atoms with E-state index in [9.17, 15) is 0 Å². The maximum Gasteiger partial charge on any atom is 0.219 e. The fraction of sp³-hybridized carbons (Fsp3) is 0.857. The summed E-state index contributed by atoms with van der Waals surface area (Å²) in [5.41, 5.74) is 0. The molecule has 0 radical (unpaired) electrons. The molecular weight excluding hydrogens is 328 g/mol. The molecule has 118 valence electrons. The fourth-order valence-electron chi connectivity index (χ4n) is 1.20. The zero-order chi connectivity index (χ0) is 15.1. The van der Waals surface area contributed by atoms with Crippen molar-refractivity contribution in [2.75, 3.05) is 24.7 Å². The van der Waals surface area contributed by atoms with Crippen molar-refractivity contribution in [3.8, 4) is 0 Å². The van der Waals surface area contributed by atoms with Crippen LogP contribution in [0.4, 0.5) is 0 Å². The molecule has 0 saturated heterocycles. The number of thiocarbonyl (C=S) groups is 2. The summed E-state index contributed by atoms with van der Waals surface area (Å²) >= 11 is 13.6. The van der Waals surface area contributed by atoms with E-state index < -0.39 is 0 Å². The van der Waals surface area contributed by atoms with E-state index in [1.54, 1.807) is 23.5 Å². The highest BCUT2D eigenvalue weighted by Crippen LogP contribution is 2.13. The Morgan fingerprint density at radius 3 is 1.50 bits per heavy atom. The molecule has 0 spiro atoms. The molecule has 0 unspecified atom stereocenters. The van der Waals surface area contributed by atoms with Gasteiger partial charge in [0.1, 0.15) is 0 Å². The molecule has 20 heavy (non-hydrogen) atoms. The Morgan fingerprint density at radius 1 is 0.750 bits per heavy atom. The van der Waals surface area contributed by atoms with Crippen LogP contribution in [-0.2, 0) is 9.47 Å². The lowest BCUT2D eigenvalue weighted by atomic mass is 10.4. The standard InChI is InChI=1S/C14H26O2S4/c1-3-5-9-15-13(17)19-11-7-8-12-20-14(18)16-10-6-4-2/h3-12H2,1-2H3. The van der Waals surface area contributed by atoms with Crippen LogP contribution in [0.25, 0.3) is 0 Å². The van der Waals surface area contributed by atoms with Crippen LogP contribution >= 0.6 is 48.0 Å². The van der Waals surface area contributed by atoms with Gasteiger partial charge in [-0.3, -0.25) is 0 Å². The van der Waals surface area contributed by atoms with Crippen LogP contribution in [0.2, 0.25) is 0 Å². The predicted molar refractivity (Wildman–Crippen MR) is 101 cm³/mol. The van der Waals surface area contributed by atoms with Gasteiger partial charge in [0.25, 0.3) is 0 Å². The molecule has 0 aliphatic carbocycles. The summed E-state index contributed by atoms with van der Waals surface area (Å²) in [6.07, 6.45) is 6.70. The maximum atomic E-state index is 5.43. The average molecular weight is 355 g/mol. The Labute approximate surface area is 143 Å². The smallest absolute Gasteiger partial charge is 0.219 e. The van der Waals surface area contributed by atoms with Crippen LogP contribution in [0.15, 0.2) is 0 Å². The van der Waals surface area contributed by atoms with Crippen LogP contribution in [0.5, 0.6) is 0 Å². The van der Waals surface area contributed by atoms with E-state index in [-0.39, 0.29) is 0 Å². The van der Waals surface area contributed by atoms with E-state index in [2.05, 4.69) is 13.8 Å². The average Bonchev–Trinajstić information content (AvgIpc) is 2.43. The summed E-state index contributed by atoms with van der Waals surface area (Å²) in [4.78, 5) is 0. The molecule has 0 aliphatic heterocycles. The van der Waals surface area contributed by atoms with E-state index in [1.807, 2.05) is 0 Å². The molecule has 0 N–H and O–H groups in total. The fourth-order valence-corrected chi connectivity index (χ4v) is 3.23. The minimum absolute atomic E-state index is 0.685. The Kier molecular flexibility index (Phi) is 16.2. The van der Waals surface area contributed by atoms with Gasteiger partial charge in [0, 0.05) is 11.5 Å². The lowest BCUT2D eigenvalue weighted by Gasteiger charge is -2.07. The first kappa shape index (κ1) is 20.5. The van der Waals surface area contributed by atoms with Crippen LogP contribution in [0.1, 0.15) is 52.4 Å². The molecule has 6 heteroatoms. The third-order valence-corrected chi connectivity index (χ3v) is 5.05.